The highest BCUT2D eigenvalue weighted by atomic mass is 16.5. The van der Waals surface area contributed by atoms with E-state index in [1.54, 1.807) is 12.1 Å². The average Bonchev–Trinajstić information content (AvgIpc) is 3.28. The van der Waals surface area contributed by atoms with E-state index in [-0.39, 0.29) is 0 Å². The van der Waals surface area contributed by atoms with Crippen molar-refractivity contribution in [2.75, 3.05) is 0 Å². The lowest BCUT2D eigenvalue weighted by atomic mass is 9.67. The zero-order valence-corrected chi connectivity index (χ0v) is 23.2. The molecule has 0 amide bonds. The fourth-order valence-corrected chi connectivity index (χ4v) is 5.58. The Morgan fingerprint density at radius 2 is 0.977 bits per heavy atom. The number of carbonyl (C=O) groups is 4. The number of carbonyl (C=O) groups excluding carboxylic acids is 2. The molecular weight excluding hydrogens is 548 g/mol. The minimum Gasteiger partial charge on any atom is -0.478 e. The fraction of sp³-hybridized carbons (Fsp3) is 0.0857. The van der Waals surface area contributed by atoms with E-state index >= 15 is 0 Å². The molecule has 0 heterocycles. The van der Waals surface area contributed by atoms with Crippen LogP contribution in [0.25, 0.3) is 11.1 Å². The molecule has 0 atom stereocenters. The summed E-state index contributed by atoms with van der Waals surface area (Å²) in [6.07, 6.45) is 3.16. The van der Waals surface area contributed by atoms with Gasteiger partial charge in [-0.1, -0.05) is 72.8 Å². The van der Waals surface area contributed by atoms with Crippen LogP contribution in [0.1, 0.15) is 33.4 Å². The molecule has 8 heteroatoms. The van der Waals surface area contributed by atoms with Gasteiger partial charge in [0.05, 0.1) is 5.41 Å². The Morgan fingerprint density at radius 1 is 0.581 bits per heavy atom. The van der Waals surface area contributed by atoms with Crippen LogP contribution in [0.4, 0.5) is 0 Å². The number of fused-ring (bicyclic) bond motifs is 3. The number of carboxylic acids is 2. The fourth-order valence-electron chi connectivity index (χ4n) is 5.58. The van der Waals surface area contributed by atoms with E-state index in [4.69, 9.17) is 19.7 Å². The number of ether oxygens (including phenoxy) is 2. The van der Waals surface area contributed by atoms with E-state index < -0.39 is 29.3 Å². The predicted molar refractivity (Wildman–Crippen MR) is 158 cm³/mol. The van der Waals surface area contributed by atoms with Gasteiger partial charge in [0.25, 0.3) is 0 Å². The molecule has 5 rings (SSSR count). The molecule has 0 bridgehead atoms. The third-order valence-corrected chi connectivity index (χ3v) is 7.31. The lowest BCUT2D eigenvalue weighted by Crippen LogP contribution is -2.29. The molecule has 0 saturated carbocycles. The zero-order chi connectivity index (χ0) is 30.7. The maximum atomic E-state index is 12.2. The monoisotopic (exact) mass is 574 g/mol. The summed E-state index contributed by atoms with van der Waals surface area (Å²) in [5.41, 5.74) is 6.56. The van der Waals surface area contributed by atoms with Gasteiger partial charge in [0, 0.05) is 24.3 Å². The van der Waals surface area contributed by atoms with Gasteiger partial charge < -0.3 is 19.7 Å². The summed E-state index contributed by atoms with van der Waals surface area (Å²) in [5, 5.41) is 17.6. The van der Waals surface area contributed by atoms with Crippen molar-refractivity contribution in [2.45, 2.75) is 19.3 Å². The van der Waals surface area contributed by atoms with Gasteiger partial charge in [-0.05, 0) is 70.5 Å². The van der Waals surface area contributed by atoms with E-state index in [1.165, 1.54) is 0 Å². The van der Waals surface area contributed by atoms with Crippen LogP contribution < -0.4 is 9.47 Å². The Kier molecular flexibility index (Phi) is 7.77. The van der Waals surface area contributed by atoms with Crippen molar-refractivity contribution < 1.29 is 38.9 Å². The number of benzene rings is 4. The second-order valence-corrected chi connectivity index (χ2v) is 9.99. The number of rotatable bonds is 8. The van der Waals surface area contributed by atoms with Crippen molar-refractivity contribution in [1.82, 2.24) is 0 Å². The van der Waals surface area contributed by atoms with E-state index in [2.05, 4.69) is 24.3 Å². The molecule has 214 valence electrons. The van der Waals surface area contributed by atoms with Crippen LogP contribution >= 0.6 is 0 Å². The number of esters is 2. The molecule has 4 aromatic rings. The van der Waals surface area contributed by atoms with Gasteiger partial charge in [-0.15, -0.1) is 0 Å². The molecule has 8 nitrogen and oxygen atoms in total. The number of hydrogen-bond donors (Lipinski definition) is 2. The van der Waals surface area contributed by atoms with Crippen molar-refractivity contribution in [1.29, 1.82) is 0 Å². The second-order valence-electron chi connectivity index (χ2n) is 9.99. The van der Waals surface area contributed by atoms with Crippen molar-refractivity contribution in [2.24, 2.45) is 0 Å². The van der Waals surface area contributed by atoms with Gasteiger partial charge in [-0.25, -0.2) is 19.2 Å². The van der Waals surface area contributed by atoms with Crippen LogP contribution in [0, 0.1) is 13.8 Å². The quantitative estimate of drug-likeness (QED) is 0.136. The summed E-state index contributed by atoms with van der Waals surface area (Å²) in [4.78, 5) is 46.0. The van der Waals surface area contributed by atoms with Crippen LogP contribution in [-0.2, 0) is 24.6 Å². The summed E-state index contributed by atoms with van der Waals surface area (Å²) in [6, 6.07) is 27.3. The van der Waals surface area contributed by atoms with Crippen molar-refractivity contribution in [3.05, 3.63) is 143 Å². The first-order valence-corrected chi connectivity index (χ1v) is 13.3. The number of carboxylic acid groups (broad SMARTS) is 2. The molecule has 0 aliphatic heterocycles. The Labute approximate surface area is 247 Å². The highest BCUT2D eigenvalue weighted by Gasteiger charge is 2.46. The molecular formula is C35H26O8. The highest BCUT2D eigenvalue weighted by Crippen LogP contribution is 2.56. The summed E-state index contributed by atoms with van der Waals surface area (Å²) in [6.45, 7) is 3.62. The van der Waals surface area contributed by atoms with Gasteiger partial charge in [-0.2, -0.15) is 0 Å². The lowest BCUT2D eigenvalue weighted by molar-refractivity contribution is -0.133. The van der Waals surface area contributed by atoms with Gasteiger partial charge >= 0.3 is 23.9 Å². The Bertz CT molecular complexity index is 1710. The van der Waals surface area contributed by atoms with Gasteiger partial charge in [0.15, 0.2) is 0 Å². The molecule has 1 aliphatic carbocycles. The molecule has 0 saturated heterocycles. The summed E-state index contributed by atoms with van der Waals surface area (Å²) in [5.74, 6) is -3.51. The molecule has 2 N–H and O–H groups in total. The van der Waals surface area contributed by atoms with Crippen LogP contribution in [0.2, 0.25) is 0 Å². The van der Waals surface area contributed by atoms with E-state index in [1.807, 2.05) is 62.4 Å². The topological polar surface area (TPSA) is 127 Å². The maximum absolute atomic E-state index is 12.2. The summed E-state index contributed by atoms with van der Waals surface area (Å²) < 4.78 is 10.8. The van der Waals surface area contributed by atoms with Crippen molar-refractivity contribution in [3.8, 4) is 22.6 Å². The Hall–Kier alpha value is -5.76. The molecule has 43 heavy (non-hydrogen) atoms. The third-order valence-electron chi connectivity index (χ3n) is 7.31. The lowest BCUT2D eigenvalue weighted by Gasteiger charge is -2.34. The van der Waals surface area contributed by atoms with Gasteiger partial charge in [0.1, 0.15) is 11.5 Å². The number of aryl methyl sites for hydroxylation is 2. The average molecular weight is 575 g/mol. The van der Waals surface area contributed by atoms with E-state index in [0.29, 0.717) is 22.6 Å². The zero-order valence-electron chi connectivity index (χ0n) is 23.2. The first-order chi connectivity index (χ1) is 20.6. The molecule has 0 radical (unpaired) electrons. The van der Waals surface area contributed by atoms with E-state index in [0.717, 1.165) is 57.7 Å². The summed E-state index contributed by atoms with van der Waals surface area (Å²) in [7, 11) is 0. The van der Waals surface area contributed by atoms with Crippen LogP contribution in [-0.4, -0.2) is 34.1 Å². The molecule has 1 aliphatic rings. The SMILES string of the molecule is Cc1cc(C2(c3ccc(OC(=O)/C=C/C(=O)O)c(C)c3)c3ccccc3-c3ccccc32)ccc1OC(=O)/C=C/C(=O)O. The van der Waals surface area contributed by atoms with Gasteiger partial charge in [-0.3, -0.25) is 0 Å². The smallest absolute Gasteiger partial charge is 0.336 e. The summed E-state index contributed by atoms with van der Waals surface area (Å²) >= 11 is 0. The maximum Gasteiger partial charge on any atom is 0.336 e. The molecule has 0 spiro atoms. The number of hydrogen-bond acceptors (Lipinski definition) is 6. The normalized spacial score (nSPS) is 13.0. The van der Waals surface area contributed by atoms with Crippen LogP contribution in [0.3, 0.4) is 0 Å². The molecule has 0 aromatic heterocycles. The largest absolute Gasteiger partial charge is 0.478 e. The first kappa shape index (κ1) is 28.8. The first-order valence-electron chi connectivity index (χ1n) is 13.3. The Balaban J connectivity index is 1.66. The number of aliphatic carboxylic acids is 2. The van der Waals surface area contributed by atoms with E-state index in [9.17, 15) is 19.2 Å². The van der Waals surface area contributed by atoms with Crippen molar-refractivity contribution >= 4 is 23.9 Å². The molecule has 4 aromatic carbocycles. The standard InChI is InChI=1S/C35H26O8/c1-21-19-23(11-13-29(21)42-33(40)17-15-31(36)37)35(27-9-5-3-7-25(27)26-8-4-6-10-28(26)35)24-12-14-30(22(2)20-24)43-34(41)18-16-32(38)39/h3-20H,1-2H3,(H,36,37)(H,38,39)/b17-15+,18-16+. The van der Waals surface area contributed by atoms with Gasteiger partial charge in [0.2, 0.25) is 0 Å². The predicted octanol–water partition coefficient (Wildman–Crippen LogP) is 5.76. The van der Waals surface area contributed by atoms with Crippen LogP contribution in [0.15, 0.2) is 109 Å². The van der Waals surface area contributed by atoms with Crippen LogP contribution in [0.5, 0.6) is 11.5 Å². The highest BCUT2D eigenvalue weighted by molar-refractivity contribution is 5.93. The minimum absolute atomic E-state index is 0.298. The third kappa shape index (κ3) is 5.46. The molecule has 0 fully saturated rings. The second kappa shape index (κ2) is 11.6. The molecule has 0 unspecified atom stereocenters. The Morgan fingerprint density at radius 3 is 1.35 bits per heavy atom. The minimum atomic E-state index is -1.25. The van der Waals surface area contributed by atoms with Crippen molar-refractivity contribution in [3.63, 3.8) is 0 Å².